The van der Waals surface area contributed by atoms with Crippen molar-refractivity contribution in [2.75, 3.05) is 0 Å². The van der Waals surface area contributed by atoms with Gasteiger partial charge in [-0.1, -0.05) is 65.3 Å². The second-order valence-electron chi connectivity index (χ2n) is 4.27. The number of thioether (sulfide) groups is 1. The van der Waals surface area contributed by atoms with Crippen LogP contribution >= 0.6 is 35.0 Å². The largest absolute Gasteiger partial charge is 0.157 e. The van der Waals surface area contributed by atoms with E-state index in [-0.39, 0.29) is 0 Å². The first-order chi connectivity index (χ1) is 9.74. The number of hydrogen-bond acceptors (Lipinski definition) is 3. The van der Waals surface area contributed by atoms with Crippen LogP contribution < -0.4 is 0 Å². The minimum atomic E-state index is 0.574. The van der Waals surface area contributed by atoms with E-state index in [4.69, 9.17) is 23.2 Å². The minimum Gasteiger partial charge on any atom is -0.157 e. The van der Waals surface area contributed by atoms with Crippen molar-refractivity contribution in [3.05, 3.63) is 64.3 Å². The lowest BCUT2D eigenvalue weighted by Gasteiger charge is -2.05. The van der Waals surface area contributed by atoms with Crippen molar-refractivity contribution in [2.45, 2.75) is 10.8 Å². The van der Waals surface area contributed by atoms with Gasteiger partial charge in [0.1, 0.15) is 5.03 Å². The molecular formula is C15H10Cl2N2S. The molecule has 2 nitrogen and oxygen atoms in total. The first-order valence-electron chi connectivity index (χ1n) is 6.01. The fourth-order valence-electron chi connectivity index (χ4n) is 1.89. The summed E-state index contributed by atoms with van der Waals surface area (Å²) in [5, 5.41) is 12.5. The molecule has 100 valence electrons. The van der Waals surface area contributed by atoms with Crippen LogP contribution in [-0.2, 0) is 5.75 Å². The molecule has 0 atom stereocenters. The zero-order valence-corrected chi connectivity index (χ0v) is 12.7. The fraction of sp³-hybridized carbons (Fsp3) is 0.0667. The van der Waals surface area contributed by atoms with Crippen LogP contribution in [-0.4, -0.2) is 10.2 Å². The van der Waals surface area contributed by atoms with Gasteiger partial charge in [-0.25, -0.2) is 0 Å². The third kappa shape index (κ3) is 2.90. The number of rotatable bonds is 3. The standard InChI is InChI=1S/C15H10Cl2N2S/c16-13-6-5-10(7-14(13)17)9-20-15-12-4-2-1-3-11(12)8-18-19-15/h1-8H,9H2. The highest BCUT2D eigenvalue weighted by Gasteiger charge is 2.05. The highest BCUT2D eigenvalue weighted by molar-refractivity contribution is 7.98. The van der Waals surface area contributed by atoms with Crippen LogP contribution in [0.2, 0.25) is 10.0 Å². The number of hydrogen-bond donors (Lipinski definition) is 0. The maximum absolute atomic E-state index is 6.02. The molecule has 2 aromatic carbocycles. The zero-order valence-electron chi connectivity index (χ0n) is 10.4. The van der Waals surface area contributed by atoms with Crippen LogP contribution in [0, 0.1) is 0 Å². The summed E-state index contributed by atoms with van der Waals surface area (Å²) in [5.74, 6) is 0.777. The van der Waals surface area contributed by atoms with Crippen LogP contribution in [0.15, 0.2) is 53.7 Å². The van der Waals surface area contributed by atoms with Gasteiger partial charge in [-0.2, -0.15) is 5.10 Å². The van der Waals surface area contributed by atoms with E-state index in [1.807, 2.05) is 36.4 Å². The van der Waals surface area contributed by atoms with E-state index in [1.165, 1.54) is 0 Å². The predicted molar refractivity (Wildman–Crippen MR) is 85.6 cm³/mol. The van der Waals surface area contributed by atoms with Crippen molar-refractivity contribution in [3.8, 4) is 0 Å². The molecule has 0 N–H and O–H groups in total. The Morgan fingerprint density at radius 3 is 2.70 bits per heavy atom. The zero-order chi connectivity index (χ0) is 13.9. The highest BCUT2D eigenvalue weighted by Crippen LogP contribution is 2.29. The summed E-state index contributed by atoms with van der Waals surface area (Å²) in [5.41, 5.74) is 1.11. The summed E-state index contributed by atoms with van der Waals surface area (Å²) >= 11 is 13.6. The third-order valence-corrected chi connectivity index (χ3v) is 4.69. The molecule has 3 rings (SSSR count). The van der Waals surface area contributed by atoms with Crippen LogP contribution in [0.3, 0.4) is 0 Å². The van der Waals surface area contributed by atoms with E-state index in [0.717, 1.165) is 27.1 Å². The smallest absolute Gasteiger partial charge is 0.127 e. The number of halogens is 2. The average molecular weight is 321 g/mol. The summed E-state index contributed by atoms with van der Waals surface area (Å²) in [6, 6.07) is 13.8. The highest BCUT2D eigenvalue weighted by atomic mass is 35.5. The molecule has 0 aliphatic carbocycles. The Labute approximate surface area is 131 Å². The van der Waals surface area contributed by atoms with Gasteiger partial charge >= 0.3 is 0 Å². The molecule has 0 spiro atoms. The SMILES string of the molecule is Clc1ccc(CSc2nncc3ccccc23)cc1Cl. The van der Waals surface area contributed by atoms with Gasteiger partial charge < -0.3 is 0 Å². The van der Waals surface area contributed by atoms with Crippen LogP contribution in [0.5, 0.6) is 0 Å². The lowest BCUT2D eigenvalue weighted by atomic mass is 10.2. The third-order valence-electron chi connectivity index (χ3n) is 2.90. The van der Waals surface area contributed by atoms with Gasteiger partial charge in [-0.3, -0.25) is 0 Å². The molecule has 0 saturated carbocycles. The molecule has 3 aromatic rings. The topological polar surface area (TPSA) is 25.8 Å². The van der Waals surface area contributed by atoms with Gasteiger partial charge in [-0.15, -0.1) is 5.10 Å². The van der Waals surface area contributed by atoms with Crippen LogP contribution in [0.25, 0.3) is 10.8 Å². The lowest BCUT2D eigenvalue weighted by molar-refractivity contribution is 0.955. The molecule has 1 aromatic heterocycles. The van der Waals surface area contributed by atoms with Gasteiger partial charge in [0.25, 0.3) is 0 Å². The summed E-state index contributed by atoms with van der Waals surface area (Å²) < 4.78 is 0. The monoisotopic (exact) mass is 320 g/mol. The van der Waals surface area contributed by atoms with Crippen molar-refractivity contribution in [1.29, 1.82) is 0 Å². The molecular weight excluding hydrogens is 311 g/mol. The van der Waals surface area contributed by atoms with Gasteiger partial charge in [0.15, 0.2) is 0 Å². The van der Waals surface area contributed by atoms with Crippen molar-refractivity contribution in [1.82, 2.24) is 10.2 Å². The number of fused-ring (bicyclic) bond motifs is 1. The van der Waals surface area contributed by atoms with E-state index >= 15 is 0 Å². The molecule has 0 saturated heterocycles. The molecule has 0 radical (unpaired) electrons. The van der Waals surface area contributed by atoms with Crippen molar-refractivity contribution in [3.63, 3.8) is 0 Å². The Morgan fingerprint density at radius 2 is 1.85 bits per heavy atom. The van der Waals surface area contributed by atoms with Gasteiger partial charge in [0, 0.05) is 16.5 Å². The van der Waals surface area contributed by atoms with Crippen molar-refractivity contribution >= 4 is 45.7 Å². The molecule has 0 bridgehead atoms. The van der Waals surface area contributed by atoms with Crippen LogP contribution in [0.1, 0.15) is 5.56 Å². The Kier molecular flexibility index (Phi) is 4.10. The fourth-order valence-corrected chi connectivity index (χ4v) is 3.14. The number of nitrogens with zero attached hydrogens (tertiary/aromatic N) is 2. The van der Waals surface area contributed by atoms with E-state index in [0.29, 0.717) is 10.0 Å². The van der Waals surface area contributed by atoms with E-state index < -0.39 is 0 Å². The average Bonchev–Trinajstić information content (AvgIpc) is 2.48. The quantitative estimate of drug-likeness (QED) is 0.618. The normalized spacial score (nSPS) is 10.9. The second kappa shape index (κ2) is 6.00. The molecule has 0 amide bonds. The number of aromatic nitrogens is 2. The maximum Gasteiger partial charge on any atom is 0.127 e. The summed E-state index contributed by atoms with van der Waals surface area (Å²) in [6.45, 7) is 0. The molecule has 0 aliphatic heterocycles. The lowest BCUT2D eigenvalue weighted by Crippen LogP contribution is -1.88. The van der Waals surface area contributed by atoms with Gasteiger partial charge in [0.05, 0.1) is 16.2 Å². The molecule has 0 aliphatic rings. The maximum atomic E-state index is 6.02. The first-order valence-corrected chi connectivity index (χ1v) is 7.75. The van der Waals surface area contributed by atoms with Crippen LogP contribution in [0.4, 0.5) is 0 Å². The molecule has 0 fully saturated rings. The Hall–Kier alpha value is -1.29. The van der Waals surface area contributed by atoms with Crippen molar-refractivity contribution < 1.29 is 0 Å². The molecule has 0 unspecified atom stereocenters. The molecule has 1 heterocycles. The first kappa shape index (κ1) is 13.7. The molecule has 5 heteroatoms. The Morgan fingerprint density at radius 1 is 1.00 bits per heavy atom. The molecule has 20 heavy (non-hydrogen) atoms. The second-order valence-corrected chi connectivity index (χ2v) is 6.05. The van der Waals surface area contributed by atoms with Gasteiger partial charge in [-0.05, 0) is 17.7 Å². The van der Waals surface area contributed by atoms with E-state index in [1.54, 1.807) is 18.0 Å². The summed E-state index contributed by atoms with van der Waals surface area (Å²) in [7, 11) is 0. The Bertz CT molecular complexity index is 756. The predicted octanol–water partition coefficient (Wildman–Crippen LogP) is 5.23. The Balaban J connectivity index is 1.85. The summed E-state index contributed by atoms with van der Waals surface area (Å²) in [6.07, 6.45) is 1.78. The van der Waals surface area contributed by atoms with E-state index in [2.05, 4.69) is 16.3 Å². The van der Waals surface area contributed by atoms with Gasteiger partial charge in [0.2, 0.25) is 0 Å². The summed E-state index contributed by atoms with van der Waals surface area (Å²) in [4.78, 5) is 0. The number of benzene rings is 2. The minimum absolute atomic E-state index is 0.574. The van der Waals surface area contributed by atoms with E-state index in [9.17, 15) is 0 Å². The van der Waals surface area contributed by atoms with Crippen molar-refractivity contribution in [2.24, 2.45) is 0 Å².